The van der Waals surface area contributed by atoms with Gasteiger partial charge in [-0.2, -0.15) is 0 Å². The van der Waals surface area contributed by atoms with Crippen LogP contribution in [0.15, 0.2) is 58.3 Å². The molecule has 0 saturated heterocycles. The molecule has 0 fully saturated rings. The molecule has 0 unspecified atom stereocenters. The highest BCUT2D eigenvalue weighted by Gasteiger charge is 2.13. The fourth-order valence-corrected chi connectivity index (χ4v) is 2.60. The van der Waals surface area contributed by atoms with E-state index in [2.05, 4.69) is 9.98 Å². The zero-order chi connectivity index (χ0) is 19.6. The Balaban J connectivity index is 2.09. The first-order valence-electron chi connectivity index (χ1n) is 7.49. The molecular weight excluding hydrogens is 375 g/mol. The average Bonchev–Trinajstić information content (AvgIpc) is 2.63. The van der Waals surface area contributed by atoms with Crippen LogP contribution < -0.4 is 5.56 Å². The van der Waals surface area contributed by atoms with Crippen molar-refractivity contribution in [1.29, 1.82) is 0 Å². The second kappa shape index (κ2) is 7.30. The normalized spacial score (nSPS) is 11.0. The number of nitro benzene ring substituents is 1. The molecule has 0 radical (unpaired) electrons. The van der Waals surface area contributed by atoms with Gasteiger partial charge >= 0.3 is 0 Å². The molecule has 0 aliphatic carbocycles. The summed E-state index contributed by atoms with van der Waals surface area (Å²) in [4.78, 5) is 28.8. The monoisotopic (exact) mass is 386 g/mol. The number of nitrogens with zero attached hydrogens (tertiary/aromatic N) is 3. The molecule has 0 spiro atoms. The Morgan fingerprint density at radius 2 is 1.96 bits per heavy atom. The van der Waals surface area contributed by atoms with Crippen LogP contribution in [0.25, 0.3) is 5.69 Å². The van der Waals surface area contributed by atoms with Crippen molar-refractivity contribution >= 4 is 29.8 Å². The summed E-state index contributed by atoms with van der Waals surface area (Å²) in [5, 5.41) is 21.3. The molecule has 1 heterocycles. The number of aromatic nitrogens is 2. The molecule has 136 valence electrons. The van der Waals surface area contributed by atoms with Gasteiger partial charge in [-0.05, 0) is 42.5 Å². The molecule has 10 heteroatoms. The van der Waals surface area contributed by atoms with Crippen LogP contribution in [0.5, 0.6) is 5.88 Å². The number of aromatic amines is 1. The van der Waals surface area contributed by atoms with E-state index in [1.807, 2.05) is 0 Å². The van der Waals surface area contributed by atoms with Gasteiger partial charge in [-0.3, -0.25) is 29.5 Å². The second-order valence-electron chi connectivity index (χ2n) is 5.34. The second-order valence-corrected chi connectivity index (χ2v) is 5.73. The van der Waals surface area contributed by atoms with Gasteiger partial charge in [0, 0.05) is 18.3 Å². The minimum absolute atomic E-state index is 0.0865. The molecular formula is C17H11FN4O4S. The van der Waals surface area contributed by atoms with E-state index in [0.717, 1.165) is 10.8 Å². The van der Waals surface area contributed by atoms with Crippen LogP contribution in [0.2, 0.25) is 0 Å². The zero-order valence-electron chi connectivity index (χ0n) is 13.5. The van der Waals surface area contributed by atoms with Crippen molar-refractivity contribution in [3.8, 4) is 11.6 Å². The first-order valence-corrected chi connectivity index (χ1v) is 7.90. The molecule has 0 aliphatic rings. The van der Waals surface area contributed by atoms with Gasteiger partial charge in [0.2, 0.25) is 5.88 Å². The number of aliphatic imine (C=N–C) groups is 1. The van der Waals surface area contributed by atoms with Gasteiger partial charge in [0.1, 0.15) is 11.4 Å². The summed E-state index contributed by atoms with van der Waals surface area (Å²) in [6.45, 7) is 0. The van der Waals surface area contributed by atoms with Crippen molar-refractivity contribution in [3.05, 3.63) is 85.2 Å². The maximum absolute atomic E-state index is 13.1. The molecule has 0 atom stereocenters. The van der Waals surface area contributed by atoms with Crippen LogP contribution in [-0.2, 0) is 0 Å². The fourth-order valence-electron chi connectivity index (χ4n) is 2.31. The molecule has 0 amide bonds. The number of non-ortho nitro benzene ring substituents is 1. The van der Waals surface area contributed by atoms with E-state index in [0.29, 0.717) is 5.69 Å². The molecule has 2 N–H and O–H groups in total. The minimum atomic E-state index is -0.690. The lowest BCUT2D eigenvalue weighted by atomic mass is 10.2. The molecule has 1 aromatic heterocycles. The number of rotatable bonds is 4. The van der Waals surface area contributed by atoms with Gasteiger partial charge in [0.25, 0.3) is 11.2 Å². The van der Waals surface area contributed by atoms with E-state index in [-0.39, 0.29) is 21.7 Å². The Morgan fingerprint density at radius 1 is 1.26 bits per heavy atom. The number of halogens is 1. The summed E-state index contributed by atoms with van der Waals surface area (Å²) >= 11 is 5.06. The van der Waals surface area contributed by atoms with Crippen molar-refractivity contribution in [3.63, 3.8) is 0 Å². The van der Waals surface area contributed by atoms with Gasteiger partial charge in [-0.15, -0.1) is 0 Å². The number of benzene rings is 2. The smallest absolute Gasteiger partial charge is 0.271 e. The van der Waals surface area contributed by atoms with Crippen LogP contribution in [0, 0.1) is 20.7 Å². The number of H-pyrrole nitrogens is 1. The number of nitrogens with one attached hydrogen (secondary N) is 1. The molecule has 27 heavy (non-hydrogen) atoms. The van der Waals surface area contributed by atoms with Gasteiger partial charge < -0.3 is 5.11 Å². The van der Waals surface area contributed by atoms with E-state index in [1.54, 1.807) is 0 Å². The Labute approximate surface area is 156 Å². The third-order valence-electron chi connectivity index (χ3n) is 3.59. The number of nitro groups is 1. The summed E-state index contributed by atoms with van der Waals surface area (Å²) < 4.78 is 14.2. The quantitative estimate of drug-likeness (QED) is 0.309. The van der Waals surface area contributed by atoms with Gasteiger partial charge in [0.05, 0.1) is 16.3 Å². The SMILES string of the molecule is O=c1[nH]c(=S)n(-c2ccc(F)cc2)c(O)c1C=Nc1cccc([N+](=O)[O-])c1. The third-order valence-corrected chi connectivity index (χ3v) is 3.87. The van der Waals surface area contributed by atoms with Crippen molar-refractivity contribution < 1.29 is 14.4 Å². The topological polar surface area (TPSA) is 114 Å². The predicted molar refractivity (Wildman–Crippen MR) is 99.2 cm³/mol. The summed E-state index contributed by atoms with van der Waals surface area (Å²) in [7, 11) is 0. The first kappa shape index (κ1) is 18.1. The van der Waals surface area contributed by atoms with Crippen molar-refractivity contribution in [1.82, 2.24) is 9.55 Å². The highest BCUT2D eigenvalue weighted by Crippen LogP contribution is 2.22. The first-order chi connectivity index (χ1) is 12.9. The van der Waals surface area contributed by atoms with E-state index < -0.39 is 22.2 Å². The average molecular weight is 386 g/mol. The van der Waals surface area contributed by atoms with E-state index in [4.69, 9.17) is 12.2 Å². The van der Waals surface area contributed by atoms with Crippen LogP contribution in [0.3, 0.4) is 0 Å². The highest BCUT2D eigenvalue weighted by atomic mass is 32.1. The summed E-state index contributed by atoms with van der Waals surface area (Å²) in [5.74, 6) is -0.967. The Hall–Kier alpha value is -3.66. The minimum Gasteiger partial charge on any atom is -0.494 e. The summed E-state index contributed by atoms with van der Waals surface area (Å²) in [6.07, 6.45) is 1.07. The molecule has 0 bridgehead atoms. The largest absolute Gasteiger partial charge is 0.494 e. The Morgan fingerprint density at radius 3 is 2.63 bits per heavy atom. The predicted octanol–water partition coefficient (Wildman–Crippen LogP) is 3.40. The summed E-state index contributed by atoms with van der Waals surface area (Å²) in [5.41, 5.74) is -0.506. The Kier molecular flexibility index (Phi) is 4.90. The van der Waals surface area contributed by atoms with Crippen LogP contribution in [0.4, 0.5) is 15.8 Å². The van der Waals surface area contributed by atoms with Gasteiger partial charge in [-0.1, -0.05) is 6.07 Å². The van der Waals surface area contributed by atoms with Gasteiger partial charge in [0.15, 0.2) is 4.77 Å². The van der Waals surface area contributed by atoms with Crippen molar-refractivity contribution in [2.75, 3.05) is 0 Å². The lowest BCUT2D eigenvalue weighted by molar-refractivity contribution is -0.384. The highest BCUT2D eigenvalue weighted by molar-refractivity contribution is 7.71. The lowest BCUT2D eigenvalue weighted by Gasteiger charge is -2.11. The molecule has 2 aromatic carbocycles. The van der Waals surface area contributed by atoms with Crippen LogP contribution >= 0.6 is 12.2 Å². The molecule has 8 nitrogen and oxygen atoms in total. The lowest BCUT2D eigenvalue weighted by Crippen LogP contribution is -2.18. The number of aromatic hydroxyl groups is 1. The molecule has 0 saturated carbocycles. The fraction of sp³-hybridized carbons (Fsp3) is 0. The molecule has 0 aliphatic heterocycles. The summed E-state index contributed by atoms with van der Waals surface area (Å²) in [6, 6.07) is 10.6. The number of hydrogen-bond acceptors (Lipinski definition) is 6. The Bertz CT molecular complexity index is 1170. The van der Waals surface area contributed by atoms with Crippen LogP contribution in [-0.4, -0.2) is 25.8 Å². The zero-order valence-corrected chi connectivity index (χ0v) is 14.3. The van der Waals surface area contributed by atoms with Crippen molar-refractivity contribution in [2.24, 2.45) is 4.99 Å². The maximum atomic E-state index is 13.1. The van der Waals surface area contributed by atoms with Crippen molar-refractivity contribution in [2.45, 2.75) is 0 Å². The molecule has 3 aromatic rings. The number of hydrogen-bond donors (Lipinski definition) is 2. The maximum Gasteiger partial charge on any atom is 0.271 e. The van der Waals surface area contributed by atoms with E-state index in [9.17, 15) is 24.4 Å². The standard InChI is InChI=1S/C17H11FN4O4S/c18-10-4-6-12(7-5-10)21-16(24)14(15(23)20-17(21)27)9-19-11-2-1-3-13(8-11)22(25)26/h1-9,24H,(H,20,23,27). The van der Waals surface area contributed by atoms with E-state index >= 15 is 0 Å². The van der Waals surface area contributed by atoms with Gasteiger partial charge in [-0.25, -0.2) is 4.39 Å². The van der Waals surface area contributed by atoms with E-state index in [1.165, 1.54) is 48.5 Å². The van der Waals surface area contributed by atoms with Crippen LogP contribution in [0.1, 0.15) is 5.56 Å². The third kappa shape index (κ3) is 3.80. The molecule has 3 rings (SSSR count).